The molecule has 0 amide bonds. The molecule has 0 saturated carbocycles. The summed E-state index contributed by atoms with van der Waals surface area (Å²) in [5, 5.41) is 0. The molecular formula is C6H15NO5. The smallest absolute Gasteiger partial charge is 0.352 e. The van der Waals surface area contributed by atoms with Crippen LogP contribution in [0.15, 0.2) is 0 Å². The third kappa shape index (κ3) is 2.37. The molecule has 0 spiro atoms. The molecule has 6 heteroatoms. The summed E-state index contributed by atoms with van der Waals surface area (Å²) >= 11 is 0. The summed E-state index contributed by atoms with van der Waals surface area (Å²) in [7, 11) is 5.44. The van der Waals surface area contributed by atoms with Crippen LogP contribution >= 0.6 is 0 Å². The van der Waals surface area contributed by atoms with Crippen molar-refractivity contribution in [3.63, 3.8) is 0 Å². The molecule has 1 atom stereocenters. The topological polar surface area (TPSA) is 72.2 Å². The Hall–Kier alpha value is -0.240. The number of hydrogen-bond donors (Lipinski definition) is 1. The maximum Gasteiger partial charge on any atom is 0.352 e. The summed E-state index contributed by atoms with van der Waals surface area (Å²) < 4.78 is 14.5. The third-order valence-electron chi connectivity index (χ3n) is 1.37. The highest BCUT2D eigenvalue weighted by Gasteiger charge is 2.41. The van der Waals surface area contributed by atoms with Gasteiger partial charge in [-0.05, 0) is 0 Å². The van der Waals surface area contributed by atoms with Crippen LogP contribution in [-0.2, 0) is 24.0 Å². The first-order valence-corrected chi connectivity index (χ1v) is 3.27. The average molecular weight is 181 g/mol. The quantitative estimate of drug-likeness (QED) is 0.336. The maximum absolute atomic E-state index is 5.48. The van der Waals surface area contributed by atoms with E-state index >= 15 is 0 Å². The number of rotatable bonds is 6. The van der Waals surface area contributed by atoms with Crippen molar-refractivity contribution in [3.8, 4) is 0 Å². The van der Waals surface area contributed by atoms with E-state index < -0.39 is 12.2 Å². The fourth-order valence-electron chi connectivity index (χ4n) is 0.692. The van der Waals surface area contributed by atoms with E-state index in [1.807, 2.05) is 0 Å². The van der Waals surface area contributed by atoms with E-state index in [1.165, 1.54) is 28.4 Å². The molecule has 0 aromatic heterocycles. The van der Waals surface area contributed by atoms with E-state index in [0.717, 1.165) is 0 Å². The highest BCUT2D eigenvalue weighted by molar-refractivity contribution is 4.61. The van der Waals surface area contributed by atoms with Crippen molar-refractivity contribution in [1.82, 2.24) is 0 Å². The summed E-state index contributed by atoms with van der Waals surface area (Å²) in [6, 6.07) is 0. The van der Waals surface area contributed by atoms with Crippen LogP contribution < -0.4 is 5.73 Å². The number of ether oxygens (including phenoxy) is 3. The van der Waals surface area contributed by atoms with Gasteiger partial charge in [-0.2, -0.15) is 4.89 Å². The van der Waals surface area contributed by atoms with Crippen LogP contribution in [0.3, 0.4) is 0 Å². The molecule has 0 heterocycles. The molecule has 0 fully saturated rings. The third-order valence-corrected chi connectivity index (χ3v) is 1.37. The number of methoxy groups -OCH3 is 3. The zero-order valence-electron chi connectivity index (χ0n) is 7.70. The number of hydrogen-bond acceptors (Lipinski definition) is 6. The van der Waals surface area contributed by atoms with Crippen LogP contribution in [-0.4, -0.2) is 40.6 Å². The Labute approximate surface area is 71.4 Å². The molecule has 0 aromatic carbocycles. The molecule has 2 N–H and O–H groups in total. The standard InChI is InChI=1S/C6H15NO5/c1-8-5(7)6(9-2,10-3)12-11-4/h5H,7H2,1-4H3. The van der Waals surface area contributed by atoms with Crippen LogP contribution in [0.5, 0.6) is 0 Å². The second-order valence-electron chi connectivity index (χ2n) is 1.92. The average Bonchev–Trinajstić information content (AvgIpc) is 2.13. The lowest BCUT2D eigenvalue weighted by atomic mass is 10.5. The van der Waals surface area contributed by atoms with Crippen LogP contribution in [0.25, 0.3) is 0 Å². The van der Waals surface area contributed by atoms with Crippen molar-refractivity contribution in [3.05, 3.63) is 0 Å². The SMILES string of the molecule is COOC(OC)(OC)C(N)OC. The summed E-state index contributed by atoms with van der Waals surface area (Å²) in [4.78, 5) is 9.09. The van der Waals surface area contributed by atoms with Gasteiger partial charge in [0.25, 0.3) is 0 Å². The lowest BCUT2D eigenvalue weighted by Crippen LogP contribution is -2.54. The van der Waals surface area contributed by atoms with Gasteiger partial charge in [0.15, 0.2) is 6.23 Å². The van der Waals surface area contributed by atoms with Gasteiger partial charge in [0, 0.05) is 21.3 Å². The second-order valence-corrected chi connectivity index (χ2v) is 1.92. The predicted octanol–water partition coefficient (Wildman–Crippen LogP) is -0.558. The molecule has 74 valence electrons. The van der Waals surface area contributed by atoms with E-state index in [-0.39, 0.29) is 0 Å². The van der Waals surface area contributed by atoms with Gasteiger partial charge in [-0.15, -0.1) is 0 Å². The molecular weight excluding hydrogens is 166 g/mol. The second kappa shape index (κ2) is 5.41. The lowest BCUT2D eigenvalue weighted by Gasteiger charge is -2.31. The zero-order chi connectivity index (χ0) is 9.61. The van der Waals surface area contributed by atoms with E-state index in [9.17, 15) is 0 Å². The summed E-state index contributed by atoms with van der Waals surface area (Å²) in [6.45, 7) is 0. The van der Waals surface area contributed by atoms with Gasteiger partial charge in [0.05, 0.1) is 7.11 Å². The molecule has 0 bridgehead atoms. The van der Waals surface area contributed by atoms with Crippen molar-refractivity contribution >= 4 is 0 Å². The molecule has 0 aliphatic carbocycles. The minimum atomic E-state index is -1.52. The Balaban J connectivity index is 4.33. The maximum atomic E-state index is 5.48. The Kier molecular flexibility index (Phi) is 5.31. The summed E-state index contributed by atoms with van der Waals surface area (Å²) in [5.41, 5.74) is 5.48. The van der Waals surface area contributed by atoms with Gasteiger partial charge in [0.2, 0.25) is 0 Å². The Morgan fingerprint density at radius 3 is 1.83 bits per heavy atom. The minimum Gasteiger partial charge on any atom is -0.358 e. The van der Waals surface area contributed by atoms with E-state index in [0.29, 0.717) is 0 Å². The van der Waals surface area contributed by atoms with E-state index in [2.05, 4.69) is 9.78 Å². The van der Waals surface area contributed by atoms with E-state index in [4.69, 9.17) is 19.9 Å². The van der Waals surface area contributed by atoms with Crippen LogP contribution in [0, 0.1) is 0 Å². The van der Waals surface area contributed by atoms with Crippen molar-refractivity contribution in [2.45, 2.75) is 12.2 Å². The predicted molar refractivity (Wildman–Crippen MR) is 39.8 cm³/mol. The molecule has 1 unspecified atom stereocenters. The van der Waals surface area contributed by atoms with Gasteiger partial charge in [-0.25, -0.2) is 4.89 Å². The van der Waals surface area contributed by atoms with Crippen LogP contribution in [0.2, 0.25) is 0 Å². The normalized spacial score (nSPS) is 14.8. The van der Waals surface area contributed by atoms with Crippen molar-refractivity contribution in [2.24, 2.45) is 5.73 Å². The highest BCUT2D eigenvalue weighted by atomic mass is 17.3. The van der Waals surface area contributed by atoms with Gasteiger partial charge in [-0.3, -0.25) is 5.73 Å². The first-order valence-electron chi connectivity index (χ1n) is 3.27. The summed E-state index contributed by atoms with van der Waals surface area (Å²) in [5.74, 6) is -1.52. The molecule has 0 aromatic rings. The molecule has 0 aliphatic heterocycles. The fourth-order valence-corrected chi connectivity index (χ4v) is 0.692. The molecule has 6 nitrogen and oxygen atoms in total. The van der Waals surface area contributed by atoms with Gasteiger partial charge in [-0.1, -0.05) is 0 Å². The number of nitrogens with two attached hydrogens (primary N) is 1. The lowest BCUT2D eigenvalue weighted by molar-refractivity contribution is -0.510. The van der Waals surface area contributed by atoms with Gasteiger partial charge >= 0.3 is 5.97 Å². The summed E-state index contributed by atoms with van der Waals surface area (Å²) in [6.07, 6.45) is -0.896. The monoisotopic (exact) mass is 181 g/mol. The minimum absolute atomic E-state index is 0.896. The molecule has 0 radical (unpaired) electrons. The van der Waals surface area contributed by atoms with Crippen molar-refractivity contribution in [1.29, 1.82) is 0 Å². The van der Waals surface area contributed by atoms with Gasteiger partial charge in [0.1, 0.15) is 0 Å². The first-order chi connectivity index (χ1) is 5.66. The Morgan fingerprint density at radius 2 is 1.58 bits per heavy atom. The first kappa shape index (κ1) is 11.8. The molecule has 0 rings (SSSR count). The van der Waals surface area contributed by atoms with E-state index in [1.54, 1.807) is 0 Å². The van der Waals surface area contributed by atoms with Crippen LogP contribution in [0.1, 0.15) is 0 Å². The van der Waals surface area contributed by atoms with Gasteiger partial charge < -0.3 is 14.2 Å². The molecule has 0 saturated heterocycles. The fraction of sp³-hybridized carbons (Fsp3) is 1.00. The van der Waals surface area contributed by atoms with Crippen molar-refractivity contribution in [2.75, 3.05) is 28.4 Å². The van der Waals surface area contributed by atoms with Crippen molar-refractivity contribution < 1.29 is 24.0 Å². The zero-order valence-corrected chi connectivity index (χ0v) is 7.70. The molecule has 12 heavy (non-hydrogen) atoms. The Bertz CT molecular complexity index is 117. The largest absolute Gasteiger partial charge is 0.358 e. The highest BCUT2D eigenvalue weighted by Crippen LogP contribution is 2.17. The Morgan fingerprint density at radius 1 is 1.08 bits per heavy atom. The van der Waals surface area contributed by atoms with Crippen LogP contribution in [0.4, 0.5) is 0 Å². The molecule has 0 aliphatic rings.